The number of hydrogen-bond donors (Lipinski definition) is 2. The molecule has 7 nitrogen and oxygen atoms in total. The summed E-state index contributed by atoms with van der Waals surface area (Å²) >= 11 is 0. The first kappa shape index (κ1) is 17.8. The van der Waals surface area contributed by atoms with Crippen LogP contribution in [-0.2, 0) is 16.1 Å². The first-order valence-corrected chi connectivity index (χ1v) is 7.45. The molecule has 7 heteroatoms. The van der Waals surface area contributed by atoms with Gasteiger partial charge in [-0.05, 0) is 31.2 Å². The third-order valence-electron chi connectivity index (χ3n) is 3.30. The van der Waals surface area contributed by atoms with Gasteiger partial charge in [0.15, 0.2) is 6.61 Å². The zero-order valence-corrected chi connectivity index (χ0v) is 13.6. The highest BCUT2D eigenvalue weighted by Gasteiger charge is 2.17. The lowest BCUT2D eigenvalue weighted by molar-refractivity contribution is -0.118. The summed E-state index contributed by atoms with van der Waals surface area (Å²) in [5.74, 6) is -0.611. The Hall–Kier alpha value is -3.53. The quantitative estimate of drug-likeness (QED) is 0.451. The summed E-state index contributed by atoms with van der Waals surface area (Å²) in [7, 11) is 0. The van der Waals surface area contributed by atoms with E-state index in [0.29, 0.717) is 18.0 Å². The minimum atomic E-state index is -0.678. The van der Waals surface area contributed by atoms with Gasteiger partial charge in [0, 0.05) is 11.4 Å². The number of nitrogens with one attached hydrogen (secondary N) is 1. The molecule has 0 bridgehead atoms. The van der Waals surface area contributed by atoms with Gasteiger partial charge in [0.1, 0.15) is 17.4 Å². The van der Waals surface area contributed by atoms with E-state index in [2.05, 4.69) is 5.32 Å². The van der Waals surface area contributed by atoms with Gasteiger partial charge in [-0.1, -0.05) is 12.1 Å². The van der Waals surface area contributed by atoms with Gasteiger partial charge in [-0.2, -0.15) is 5.26 Å². The Morgan fingerprint density at radius 1 is 1.28 bits per heavy atom. The number of rotatable bonds is 7. The van der Waals surface area contributed by atoms with Crippen LogP contribution in [-0.4, -0.2) is 18.4 Å². The van der Waals surface area contributed by atoms with Crippen molar-refractivity contribution in [2.75, 3.05) is 11.9 Å². The standard InChI is InChI=1S/C18H17N3O4/c1-12(20)15(9-19)17(22)11-25-18(23)14-6-2-3-7-16(14)21-10-13-5-4-8-24-13/h2-8,21H,10-11,20H2,1H3. The van der Waals surface area contributed by atoms with Crippen LogP contribution in [0.4, 0.5) is 5.69 Å². The second kappa shape index (κ2) is 8.36. The van der Waals surface area contributed by atoms with Crippen molar-refractivity contribution in [3.8, 4) is 6.07 Å². The van der Waals surface area contributed by atoms with Crippen LogP contribution in [0.3, 0.4) is 0 Å². The molecule has 1 aromatic carbocycles. The van der Waals surface area contributed by atoms with E-state index in [1.807, 2.05) is 0 Å². The van der Waals surface area contributed by atoms with Gasteiger partial charge in [-0.15, -0.1) is 0 Å². The Morgan fingerprint density at radius 2 is 2.04 bits per heavy atom. The molecule has 0 aliphatic rings. The summed E-state index contributed by atoms with van der Waals surface area (Å²) in [6, 6.07) is 12.0. The topological polar surface area (TPSA) is 118 Å². The Bertz CT molecular complexity index is 828. The SMILES string of the molecule is CC(N)=C(C#N)C(=O)COC(=O)c1ccccc1NCc1ccco1. The molecule has 0 aliphatic carbocycles. The molecule has 1 heterocycles. The number of furan rings is 1. The number of nitrogens with two attached hydrogens (primary N) is 1. The molecule has 0 spiro atoms. The van der Waals surface area contributed by atoms with Crippen LogP contribution in [0.15, 0.2) is 58.3 Å². The average molecular weight is 339 g/mol. The number of hydrogen-bond acceptors (Lipinski definition) is 7. The van der Waals surface area contributed by atoms with Crippen molar-refractivity contribution < 1.29 is 18.7 Å². The third-order valence-corrected chi connectivity index (χ3v) is 3.30. The van der Waals surface area contributed by atoms with Crippen LogP contribution in [0, 0.1) is 11.3 Å². The number of allylic oxidation sites excluding steroid dienone is 1. The zero-order chi connectivity index (χ0) is 18.2. The highest BCUT2D eigenvalue weighted by molar-refractivity contribution is 6.03. The van der Waals surface area contributed by atoms with E-state index in [9.17, 15) is 9.59 Å². The number of carbonyl (C=O) groups excluding carboxylic acids is 2. The number of para-hydroxylation sites is 1. The van der Waals surface area contributed by atoms with Gasteiger partial charge < -0.3 is 20.2 Å². The van der Waals surface area contributed by atoms with Crippen LogP contribution in [0.1, 0.15) is 23.0 Å². The lowest BCUT2D eigenvalue weighted by Crippen LogP contribution is -2.18. The molecular formula is C18H17N3O4. The smallest absolute Gasteiger partial charge is 0.340 e. The summed E-state index contributed by atoms with van der Waals surface area (Å²) in [6.07, 6.45) is 1.56. The maximum atomic E-state index is 12.2. The van der Waals surface area contributed by atoms with Crippen molar-refractivity contribution in [3.63, 3.8) is 0 Å². The minimum absolute atomic E-state index is 0.0871. The number of nitrogens with zero attached hydrogens (tertiary/aromatic N) is 1. The molecule has 1 aromatic heterocycles. The van der Waals surface area contributed by atoms with Crippen LogP contribution in [0.2, 0.25) is 0 Å². The monoisotopic (exact) mass is 339 g/mol. The van der Waals surface area contributed by atoms with Gasteiger partial charge in [0.05, 0.1) is 18.4 Å². The molecule has 0 unspecified atom stereocenters. The van der Waals surface area contributed by atoms with Crippen LogP contribution in [0.5, 0.6) is 0 Å². The van der Waals surface area contributed by atoms with Crippen LogP contribution >= 0.6 is 0 Å². The molecule has 2 aromatic rings. The van der Waals surface area contributed by atoms with Gasteiger partial charge in [0.25, 0.3) is 0 Å². The van der Waals surface area contributed by atoms with Gasteiger partial charge in [-0.25, -0.2) is 4.79 Å². The number of nitriles is 1. The van der Waals surface area contributed by atoms with Crippen molar-refractivity contribution in [2.24, 2.45) is 5.73 Å². The molecule has 0 atom stereocenters. The number of ketones is 1. The van der Waals surface area contributed by atoms with Gasteiger partial charge >= 0.3 is 5.97 Å². The highest BCUT2D eigenvalue weighted by Crippen LogP contribution is 2.17. The van der Waals surface area contributed by atoms with E-state index in [1.54, 1.807) is 48.7 Å². The van der Waals surface area contributed by atoms with E-state index < -0.39 is 18.4 Å². The lowest BCUT2D eigenvalue weighted by atomic mass is 10.1. The molecule has 25 heavy (non-hydrogen) atoms. The Morgan fingerprint density at radius 3 is 2.68 bits per heavy atom. The van der Waals surface area contributed by atoms with Crippen molar-refractivity contribution >= 4 is 17.4 Å². The number of carbonyl (C=O) groups is 2. The predicted molar refractivity (Wildman–Crippen MR) is 90.3 cm³/mol. The maximum absolute atomic E-state index is 12.2. The fourth-order valence-corrected chi connectivity index (χ4v) is 2.06. The Balaban J connectivity index is 2.03. The van der Waals surface area contributed by atoms with Gasteiger partial charge in [0.2, 0.25) is 5.78 Å². The molecule has 0 fully saturated rings. The molecule has 0 amide bonds. The predicted octanol–water partition coefficient (Wildman–Crippen LogP) is 2.37. The second-order valence-corrected chi connectivity index (χ2v) is 5.15. The summed E-state index contributed by atoms with van der Waals surface area (Å²) in [6.45, 7) is 1.28. The Labute approximate surface area is 144 Å². The fraction of sp³-hybridized carbons (Fsp3) is 0.167. The maximum Gasteiger partial charge on any atom is 0.340 e. The summed E-state index contributed by atoms with van der Waals surface area (Å²) < 4.78 is 10.2. The van der Waals surface area contributed by atoms with Crippen molar-refractivity contribution in [2.45, 2.75) is 13.5 Å². The lowest BCUT2D eigenvalue weighted by Gasteiger charge is -2.10. The van der Waals surface area contributed by atoms with Crippen LogP contribution in [0.25, 0.3) is 0 Å². The molecular weight excluding hydrogens is 322 g/mol. The van der Waals surface area contributed by atoms with E-state index in [-0.39, 0.29) is 16.8 Å². The first-order valence-electron chi connectivity index (χ1n) is 7.45. The molecule has 3 N–H and O–H groups in total. The Kier molecular flexibility index (Phi) is 5.96. The third kappa shape index (κ3) is 4.72. The van der Waals surface area contributed by atoms with Crippen LogP contribution < -0.4 is 11.1 Å². The number of ether oxygens (including phenoxy) is 1. The average Bonchev–Trinajstić information content (AvgIpc) is 3.12. The minimum Gasteiger partial charge on any atom is -0.467 e. The molecule has 128 valence electrons. The second-order valence-electron chi connectivity index (χ2n) is 5.15. The summed E-state index contributed by atoms with van der Waals surface area (Å²) in [5, 5.41) is 12.0. The fourth-order valence-electron chi connectivity index (χ4n) is 2.06. The number of Topliss-reactive ketones (excluding diaryl/α,β-unsaturated/α-hetero) is 1. The number of esters is 1. The molecule has 2 rings (SSSR count). The van der Waals surface area contributed by atoms with E-state index in [0.717, 1.165) is 0 Å². The summed E-state index contributed by atoms with van der Waals surface area (Å²) in [5.41, 5.74) is 6.14. The van der Waals surface area contributed by atoms with Crippen molar-refractivity contribution in [3.05, 3.63) is 65.3 Å². The molecule has 0 saturated carbocycles. The van der Waals surface area contributed by atoms with Crippen molar-refractivity contribution in [1.29, 1.82) is 5.26 Å². The number of benzene rings is 1. The molecule has 0 aliphatic heterocycles. The first-order chi connectivity index (χ1) is 12.0. The van der Waals surface area contributed by atoms with Crippen molar-refractivity contribution in [1.82, 2.24) is 0 Å². The van der Waals surface area contributed by atoms with E-state index in [4.69, 9.17) is 20.1 Å². The van der Waals surface area contributed by atoms with E-state index >= 15 is 0 Å². The largest absolute Gasteiger partial charge is 0.467 e. The zero-order valence-electron chi connectivity index (χ0n) is 13.6. The highest BCUT2D eigenvalue weighted by atomic mass is 16.5. The van der Waals surface area contributed by atoms with E-state index in [1.165, 1.54) is 6.92 Å². The number of anilines is 1. The molecule has 0 radical (unpaired) electrons. The normalized spacial score (nSPS) is 11.2. The molecule has 0 saturated heterocycles. The summed E-state index contributed by atoms with van der Waals surface area (Å²) in [4.78, 5) is 24.1. The van der Waals surface area contributed by atoms with Gasteiger partial charge in [-0.3, -0.25) is 4.79 Å².